The molecule has 2 N–H and O–H groups in total. The number of hydrogen-bond acceptors (Lipinski definition) is 4. The molecular weight excluding hydrogens is 320 g/mol. The van der Waals surface area contributed by atoms with E-state index in [1.165, 1.54) is 6.39 Å². The van der Waals surface area contributed by atoms with E-state index in [4.69, 9.17) is 4.42 Å². The van der Waals surface area contributed by atoms with Gasteiger partial charge in [-0.05, 0) is 25.0 Å². The highest BCUT2D eigenvalue weighted by molar-refractivity contribution is 5.95. The van der Waals surface area contributed by atoms with E-state index in [2.05, 4.69) is 10.3 Å². The lowest BCUT2D eigenvalue weighted by molar-refractivity contribution is -0.143. The Morgan fingerprint density at radius 3 is 2.44 bits per heavy atom. The topological polar surface area (TPSA) is 92.4 Å². The van der Waals surface area contributed by atoms with Gasteiger partial charge in [0.05, 0.1) is 12.1 Å². The van der Waals surface area contributed by atoms with E-state index in [1.54, 1.807) is 30.5 Å². The van der Waals surface area contributed by atoms with Gasteiger partial charge in [-0.2, -0.15) is 0 Å². The van der Waals surface area contributed by atoms with Gasteiger partial charge in [0.25, 0.3) is 5.91 Å². The monoisotopic (exact) mass is 342 g/mol. The molecule has 3 rings (SSSR count). The van der Waals surface area contributed by atoms with E-state index >= 15 is 0 Å². The molecular formula is C19H22N2O4. The molecule has 2 aromatic rings. The minimum absolute atomic E-state index is 0.235. The van der Waals surface area contributed by atoms with Crippen molar-refractivity contribution in [3.63, 3.8) is 0 Å². The number of nitrogens with one attached hydrogen (secondary N) is 1. The van der Waals surface area contributed by atoms with Crippen LogP contribution in [0.25, 0.3) is 11.3 Å². The van der Waals surface area contributed by atoms with Crippen LogP contribution in [-0.2, 0) is 4.79 Å². The summed E-state index contributed by atoms with van der Waals surface area (Å²) in [6, 6.07) is 6.70. The number of hydrogen-bond donors (Lipinski definition) is 2. The number of oxazole rings is 1. The third-order valence-corrected chi connectivity index (χ3v) is 4.76. The summed E-state index contributed by atoms with van der Waals surface area (Å²) in [5.41, 5.74) is 1.35. The Morgan fingerprint density at radius 2 is 1.80 bits per heavy atom. The molecule has 2 atom stereocenters. The largest absolute Gasteiger partial charge is 0.481 e. The molecule has 1 aliphatic carbocycles. The van der Waals surface area contributed by atoms with Crippen LogP contribution in [0, 0.1) is 5.92 Å². The number of carboxylic acids is 1. The maximum absolute atomic E-state index is 12.5. The van der Waals surface area contributed by atoms with E-state index in [0.29, 0.717) is 24.2 Å². The maximum Gasteiger partial charge on any atom is 0.308 e. The smallest absolute Gasteiger partial charge is 0.308 e. The maximum atomic E-state index is 12.5. The molecule has 1 amide bonds. The van der Waals surface area contributed by atoms with Gasteiger partial charge in [0.2, 0.25) is 0 Å². The van der Waals surface area contributed by atoms with Crippen LogP contribution in [0.3, 0.4) is 0 Å². The summed E-state index contributed by atoms with van der Waals surface area (Å²) in [5, 5.41) is 12.4. The van der Waals surface area contributed by atoms with E-state index < -0.39 is 11.9 Å². The molecule has 1 saturated carbocycles. The third-order valence-electron chi connectivity index (χ3n) is 4.76. The van der Waals surface area contributed by atoms with Crippen molar-refractivity contribution in [3.05, 3.63) is 42.4 Å². The molecule has 6 nitrogen and oxygen atoms in total. The predicted molar refractivity (Wildman–Crippen MR) is 92.0 cm³/mol. The number of aliphatic carboxylic acids is 1. The fourth-order valence-corrected chi connectivity index (χ4v) is 3.35. The average Bonchev–Trinajstić information content (AvgIpc) is 3.11. The van der Waals surface area contributed by atoms with Crippen LogP contribution in [0.5, 0.6) is 0 Å². The van der Waals surface area contributed by atoms with Crippen LogP contribution in [0.1, 0.15) is 48.9 Å². The Labute approximate surface area is 146 Å². The molecule has 1 heterocycles. The van der Waals surface area contributed by atoms with Gasteiger partial charge in [-0.3, -0.25) is 9.59 Å². The zero-order valence-electron chi connectivity index (χ0n) is 14.0. The number of carboxylic acid groups (broad SMARTS) is 1. The fraction of sp³-hybridized carbons (Fsp3) is 0.421. The van der Waals surface area contributed by atoms with E-state index in [1.807, 2.05) is 0 Å². The molecule has 0 bridgehead atoms. The Bertz CT molecular complexity index is 710. The summed E-state index contributed by atoms with van der Waals surface area (Å²) in [7, 11) is 0. The summed E-state index contributed by atoms with van der Waals surface area (Å²) in [6.45, 7) is 0. The number of carbonyl (C=O) groups is 2. The summed E-state index contributed by atoms with van der Waals surface area (Å²) >= 11 is 0. The van der Waals surface area contributed by atoms with Gasteiger partial charge in [-0.25, -0.2) is 4.98 Å². The average molecular weight is 342 g/mol. The molecule has 1 aliphatic rings. The number of amides is 1. The summed E-state index contributed by atoms with van der Waals surface area (Å²) in [4.78, 5) is 28.0. The lowest BCUT2D eigenvalue weighted by atomic mass is 9.86. The van der Waals surface area contributed by atoms with E-state index in [0.717, 1.165) is 31.2 Å². The minimum atomic E-state index is -0.826. The first-order chi connectivity index (χ1) is 12.1. The molecule has 2 unspecified atom stereocenters. The second kappa shape index (κ2) is 7.96. The number of carbonyl (C=O) groups excluding carboxylic acids is 1. The van der Waals surface area contributed by atoms with Crippen LogP contribution in [-0.4, -0.2) is 28.0 Å². The zero-order valence-corrected chi connectivity index (χ0v) is 14.0. The van der Waals surface area contributed by atoms with Gasteiger partial charge < -0.3 is 14.8 Å². The molecule has 6 heteroatoms. The van der Waals surface area contributed by atoms with Gasteiger partial charge >= 0.3 is 5.97 Å². The van der Waals surface area contributed by atoms with Gasteiger partial charge in [0, 0.05) is 17.2 Å². The first-order valence-electron chi connectivity index (χ1n) is 8.68. The van der Waals surface area contributed by atoms with Crippen molar-refractivity contribution in [2.45, 2.75) is 44.6 Å². The van der Waals surface area contributed by atoms with Gasteiger partial charge in [-0.15, -0.1) is 0 Å². The number of aromatic nitrogens is 1. The molecule has 1 aromatic heterocycles. The van der Waals surface area contributed by atoms with Crippen molar-refractivity contribution in [3.8, 4) is 11.3 Å². The molecule has 1 aromatic carbocycles. The first-order valence-corrected chi connectivity index (χ1v) is 8.68. The lowest BCUT2D eigenvalue weighted by Gasteiger charge is -2.27. The second-order valence-corrected chi connectivity index (χ2v) is 6.46. The summed E-state index contributed by atoms with van der Waals surface area (Å²) in [6.07, 6.45) is 8.29. The SMILES string of the molecule is O=C(NC1CCCCCCC1C(=O)O)c1ccc(-c2cnco2)cc1. The number of rotatable bonds is 4. The molecule has 25 heavy (non-hydrogen) atoms. The van der Waals surface area contributed by atoms with Crippen LogP contribution in [0.15, 0.2) is 41.3 Å². The van der Waals surface area contributed by atoms with Crippen molar-refractivity contribution in [1.29, 1.82) is 0 Å². The second-order valence-electron chi connectivity index (χ2n) is 6.46. The quantitative estimate of drug-likeness (QED) is 0.887. The summed E-state index contributed by atoms with van der Waals surface area (Å²) in [5.74, 6) is -0.940. The molecule has 132 valence electrons. The highest BCUT2D eigenvalue weighted by atomic mass is 16.4. The van der Waals surface area contributed by atoms with Crippen LogP contribution < -0.4 is 5.32 Å². The third kappa shape index (κ3) is 4.26. The van der Waals surface area contributed by atoms with Crippen LogP contribution >= 0.6 is 0 Å². The number of nitrogens with zero attached hydrogens (tertiary/aromatic N) is 1. The van der Waals surface area contributed by atoms with Crippen molar-refractivity contribution < 1.29 is 19.1 Å². The highest BCUT2D eigenvalue weighted by Gasteiger charge is 2.30. The van der Waals surface area contributed by atoms with Gasteiger partial charge in [0.1, 0.15) is 0 Å². The molecule has 1 fully saturated rings. The van der Waals surface area contributed by atoms with E-state index in [9.17, 15) is 14.7 Å². The Hall–Kier alpha value is -2.63. The van der Waals surface area contributed by atoms with Crippen LogP contribution in [0.2, 0.25) is 0 Å². The zero-order chi connectivity index (χ0) is 17.6. The van der Waals surface area contributed by atoms with Crippen LogP contribution in [0.4, 0.5) is 0 Å². The first kappa shape index (κ1) is 17.2. The Kier molecular flexibility index (Phi) is 5.48. The highest BCUT2D eigenvalue weighted by Crippen LogP contribution is 2.24. The molecule has 0 radical (unpaired) electrons. The fourth-order valence-electron chi connectivity index (χ4n) is 3.35. The van der Waals surface area contributed by atoms with Crippen molar-refractivity contribution in [1.82, 2.24) is 10.3 Å². The number of benzene rings is 1. The standard InChI is InChI=1S/C19H22N2O4/c22-18(14-9-7-13(8-10-14)17-11-20-12-25-17)21-16-6-4-2-1-3-5-15(16)19(23)24/h7-12,15-16H,1-6H2,(H,21,22)(H,23,24). The van der Waals surface area contributed by atoms with E-state index in [-0.39, 0.29) is 11.9 Å². The Balaban J connectivity index is 1.70. The van der Waals surface area contributed by atoms with Gasteiger partial charge in [-0.1, -0.05) is 37.8 Å². The molecule has 0 saturated heterocycles. The minimum Gasteiger partial charge on any atom is -0.481 e. The Morgan fingerprint density at radius 1 is 1.08 bits per heavy atom. The van der Waals surface area contributed by atoms with Crippen molar-refractivity contribution in [2.75, 3.05) is 0 Å². The van der Waals surface area contributed by atoms with Crippen molar-refractivity contribution in [2.24, 2.45) is 5.92 Å². The molecule has 0 spiro atoms. The lowest BCUT2D eigenvalue weighted by Crippen LogP contribution is -2.43. The normalized spacial score (nSPS) is 21.1. The predicted octanol–water partition coefficient (Wildman–Crippen LogP) is 3.50. The van der Waals surface area contributed by atoms with Gasteiger partial charge in [0.15, 0.2) is 12.2 Å². The van der Waals surface area contributed by atoms with Crippen molar-refractivity contribution >= 4 is 11.9 Å². The summed E-state index contributed by atoms with van der Waals surface area (Å²) < 4.78 is 5.23. The molecule has 0 aliphatic heterocycles.